The Kier molecular flexibility index (Phi) is 6.02. The van der Waals surface area contributed by atoms with E-state index in [0.29, 0.717) is 39.3 Å². The first-order valence-corrected chi connectivity index (χ1v) is 8.26. The summed E-state index contributed by atoms with van der Waals surface area (Å²) < 4.78 is 5.54. The van der Waals surface area contributed by atoms with Gasteiger partial charge >= 0.3 is 6.03 Å². The smallest absolute Gasteiger partial charge is 0.320 e. The zero-order chi connectivity index (χ0) is 16.1. The van der Waals surface area contributed by atoms with Crippen molar-refractivity contribution in [1.82, 2.24) is 20.0 Å². The van der Waals surface area contributed by atoms with Gasteiger partial charge in [0.15, 0.2) is 0 Å². The van der Waals surface area contributed by atoms with Crippen LogP contribution < -0.4 is 5.32 Å². The van der Waals surface area contributed by atoms with Gasteiger partial charge in [-0.15, -0.1) is 0 Å². The molecule has 7 nitrogen and oxygen atoms in total. The molecule has 2 aliphatic rings. The molecule has 2 fully saturated rings. The van der Waals surface area contributed by atoms with Crippen molar-refractivity contribution in [2.24, 2.45) is 0 Å². The summed E-state index contributed by atoms with van der Waals surface area (Å²) in [5.41, 5.74) is 0. The third-order valence-electron chi connectivity index (χ3n) is 4.48. The van der Waals surface area contributed by atoms with Crippen molar-refractivity contribution in [2.75, 3.05) is 52.4 Å². The van der Waals surface area contributed by atoms with E-state index >= 15 is 0 Å². The second-order valence-corrected chi connectivity index (χ2v) is 5.77. The Morgan fingerprint density at radius 3 is 2.27 bits per heavy atom. The first-order chi connectivity index (χ1) is 10.6. The third-order valence-corrected chi connectivity index (χ3v) is 4.48. The average Bonchev–Trinajstić information content (AvgIpc) is 2.56. The van der Waals surface area contributed by atoms with E-state index in [1.165, 1.54) is 0 Å². The maximum absolute atomic E-state index is 12.6. The molecule has 0 aromatic heterocycles. The van der Waals surface area contributed by atoms with Crippen LogP contribution in [0.3, 0.4) is 0 Å². The van der Waals surface area contributed by atoms with Crippen LogP contribution in [0.25, 0.3) is 0 Å². The molecule has 3 amide bonds. The minimum absolute atomic E-state index is 0.0737. The van der Waals surface area contributed by atoms with Crippen molar-refractivity contribution in [3.63, 3.8) is 0 Å². The number of hydrogen-bond donors (Lipinski definition) is 1. The van der Waals surface area contributed by atoms with Crippen LogP contribution in [0.15, 0.2) is 0 Å². The second kappa shape index (κ2) is 7.78. The van der Waals surface area contributed by atoms with Crippen molar-refractivity contribution >= 4 is 11.9 Å². The quantitative estimate of drug-likeness (QED) is 0.795. The standard InChI is InChI=1S/C15H28N4O3/c1-4-17(5-2)15(21)19-9-7-18(8-10-19)14(20)13-12(3)22-11-6-16-13/h12-13,16H,4-11H2,1-3H3/t12-,13+/m1/s1. The third kappa shape index (κ3) is 3.70. The molecule has 2 atom stereocenters. The lowest BCUT2D eigenvalue weighted by atomic mass is 10.1. The van der Waals surface area contributed by atoms with Crippen molar-refractivity contribution < 1.29 is 14.3 Å². The van der Waals surface area contributed by atoms with Crippen molar-refractivity contribution in [3.8, 4) is 0 Å². The molecule has 126 valence electrons. The number of hydrogen-bond acceptors (Lipinski definition) is 4. The highest BCUT2D eigenvalue weighted by Gasteiger charge is 2.34. The van der Waals surface area contributed by atoms with Gasteiger partial charge in [0.2, 0.25) is 5.91 Å². The molecular weight excluding hydrogens is 284 g/mol. The summed E-state index contributed by atoms with van der Waals surface area (Å²) >= 11 is 0. The van der Waals surface area contributed by atoms with E-state index < -0.39 is 0 Å². The SMILES string of the molecule is CCN(CC)C(=O)N1CCN(C(=O)[C@H]2NCCO[C@@H]2C)CC1. The number of ether oxygens (including phenoxy) is 1. The molecule has 2 heterocycles. The van der Waals surface area contributed by atoms with E-state index in [0.717, 1.165) is 13.1 Å². The molecule has 0 aliphatic carbocycles. The summed E-state index contributed by atoms with van der Waals surface area (Å²) in [7, 11) is 0. The van der Waals surface area contributed by atoms with Crippen LogP contribution in [0.1, 0.15) is 20.8 Å². The number of carbonyl (C=O) groups is 2. The minimum Gasteiger partial charge on any atom is -0.375 e. The van der Waals surface area contributed by atoms with Crippen LogP contribution in [-0.2, 0) is 9.53 Å². The van der Waals surface area contributed by atoms with Gasteiger partial charge < -0.3 is 24.8 Å². The lowest BCUT2D eigenvalue weighted by Gasteiger charge is -2.40. The minimum atomic E-state index is -0.265. The topological polar surface area (TPSA) is 65.1 Å². The van der Waals surface area contributed by atoms with E-state index in [1.807, 2.05) is 35.5 Å². The highest BCUT2D eigenvalue weighted by atomic mass is 16.5. The number of piperazine rings is 1. The maximum Gasteiger partial charge on any atom is 0.320 e. The Labute approximate surface area is 132 Å². The molecule has 0 saturated carbocycles. The van der Waals surface area contributed by atoms with E-state index in [1.54, 1.807) is 0 Å². The Morgan fingerprint density at radius 1 is 1.14 bits per heavy atom. The molecule has 2 aliphatic heterocycles. The number of amides is 3. The summed E-state index contributed by atoms with van der Waals surface area (Å²) in [5.74, 6) is 0.0853. The van der Waals surface area contributed by atoms with Crippen molar-refractivity contribution in [3.05, 3.63) is 0 Å². The Bertz CT molecular complexity index is 392. The molecule has 0 unspecified atom stereocenters. The summed E-state index contributed by atoms with van der Waals surface area (Å²) in [6.45, 7) is 11.1. The van der Waals surface area contributed by atoms with Gasteiger partial charge in [-0.3, -0.25) is 4.79 Å². The first kappa shape index (κ1) is 17.0. The highest BCUT2D eigenvalue weighted by Crippen LogP contribution is 2.11. The number of nitrogens with one attached hydrogen (secondary N) is 1. The summed E-state index contributed by atoms with van der Waals surface area (Å²) in [6, 6.07) is -0.191. The summed E-state index contributed by atoms with van der Waals surface area (Å²) in [4.78, 5) is 30.4. The van der Waals surface area contributed by atoms with E-state index in [2.05, 4.69) is 5.32 Å². The Hall–Kier alpha value is -1.34. The van der Waals surface area contributed by atoms with Crippen LogP contribution in [-0.4, -0.2) is 91.2 Å². The van der Waals surface area contributed by atoms with Crippen LogP contribution in [0, 0.1) is 0 Å². The van der Waals surface area contributed by atoms with E-state index in [9.17, 15) is 9.59 Å². The zero-order valence-corrected chi connectivity index (χ0v) is 13.9. The molecule has 0 aromatic rings. The molecule has 22 heavy (non-hydrogen) atoms. The van der Waals surface area contributed by atoms with Crippen LogP contribution in [0.5, 0.6) is 0 Å². The Morgan fingerprint density at radius 2 is 1.73 bits per heavy atom. The summed E-state index contributed by atoms with van der Waals surface area (Å²) in [6.07, 6.45) is -0.100. The first-order valence-electron chi connectivity index (χ1n) is 8.26. The molecule has 2 saturated heterocycles. The van der Waals surface area contributed by atoms with E-state index in [4.69, 9.17) is 4.74 Å². The highest BCUT2D eigenvalue weighted by molar-refractivity contribution is 5.83. The second-order valence-electron chi connectivity index (χ2n) is 5.77. The predicted molar refractivity (Wildman–Crippen MR) is 83.7 cm³/mol. The normalized spacial score (nSPS) is 26.0. The van der Waals surface area contributed by atoms with Gasteiger partial charge in [-0.2, -0.15) is 0 Å². The van der Waals surface area contributed by atoms with Gasteiger partial charge in [0, 0.05) is 45.8 Å². The van der Waals surface area contributed by atoms with Crippen molar-refractivity contribution in [2.45, 2.75) is 32.9 Å². The van der Waals surface area contributed by atoms with Crippen LogP contribution in [0.4, 0.5) is 4.79 Å². The molecular formula is C15H28N4O3. The van der Waals surface area contributed by atoms with Gasteiger partial charge in [-0.25, -0.2) is 4.79 Å². The number of morpholine rings is 1. The monoisotopic (exact) mass is 312 g/mol. The summed E-state index contributed by atoms with van der Waals surface area (Å²) in [5, 5.41) is 3.23. The molecule has 0 radical (unpaired) electrons. The Balaban J connectivity index is 1.86. The zero-order valence-electron chi connectivity index (χ0n) is 13.9. The van der Waals surface area contributed by atoms with Crippen LogP contribution >= 0.6 is 0 Å². The molecule has 0 spiro atoms. The van der Waals surface area contributed by atoms with Gasteiger partial charge in [-0.05, 0) is 20.8 Å². The fraction of sp³-hybridized carbons (Fsp3) is 0.867. The predicted octanol–water partition coefficient (Wildman–Crippen LogP) is -0.0307. The molecule has 1 N–H and O–H groups in total. The largest absolute Gasteiger partial charge is 0.375 e. The maximum atomic E-state index is 12.6. The van der Waals surface area contributed by atoms with Crippen LogP contribution in [0.2, 0.25) is 0 Å². The molecule has 0 aromatic carbocycles. The number of urea groups is 1. The molecule has 0 bridgehead atoms. The van der Waals surface area contributed by atoms with Gasteiger partial charge in [0.25, 0.3) is 0 Å². The lowest BCUT2D eigenvalue weighted by molar-refractivity contribution is -0.140. The fourth-order valence-electron chi connectivity index (χ4n) is 3.02. The lowest BCUT2D eigenvalue weighted by Crippen LogP contribution is -2.60. The fourth-order valence-corrected chi connectivity index (χ4v) is 3.02. The van der Waals surface area contributed by atoms with Gasteiger partial charge in [-0.1, -0.05) is 0 Å². The van der Waals surface area contributed by atoms with Gasteiger partial charge in [0.05, 0.1) is 12.7 Å². The number of rotatable bonds is 3. The average molecular weight is 312 g/mol. The molecule has 7 heteroatoms. The number of nitrogens with zero attached hydrogens (tertiary/aromatic N) is 3. The van der Waals surface area contributed by atoms with E-state index in [-0.39, 0.29) is 24.1 Å². The molecule has 2 rings (SSSR count). The van der Waals surface area contributed by atoms with Gasteiger partial charge in [0.1, 0.15) is 6.04 Å². The number of carbonyl (C=O) groups excluding carboxylic acids is 2. The van der Waals surface area contributed by atoms with Crippen molar-refractivity contribution in [1.29, 1.82) is 0 Å².